The largest absolute Gasteiger partial charge is 0.383 e. The van der Waals surface area contributed by atoms with E-state index >= 15 is 0 Å². The Morgan fingerprint density at radius 1 is 1.05 bits per heavy atom. The number of hydrogen-bond donors (Lipinski definition) is 1. The lowest BCUT2D eigenvalue weighted by atomic mass is 9.95. The molecule has 2 aromatic heterocycles. The van der Waals surface area contributed by atoms with Gasteiger partial charge in [-0.3, -0.25) is 4.98 Å². The van der Waals surface area contributed by atoms with Crippen LogP contribution in [-0.4, -0.2) is 9.97 Å². The van der Waals surface area contributed by atoms with Crippen LogP contribution in [0, 0.1) is 18.3 Å². The van der Waals surface area contributed by atoms with E-state index in [9.17, 15) is 5.26 Å². The van der Waals surface area contributed by atoms with Crippen LogP contribution in [0.3, 0.4) is 0 Å². The van der Waals surface area contributed by atoms with Crippen LogP contribution in [0.4, 0.5) is 5.82 Å². The zero-order valence-electron chi connectivity index (χ0n) is 12.1. The molecule has 1 aromatic carbocycles. The Kier molecular flexibility index (Phi) is 3.55. The van der Waals surface area contributed by atoms with E-state index in [0.717, 1.165) is 28.1 Å². The molecule has 4 heteroatoms. The standard InChI is InChI=1S/C18H14N4/c1-12-16(15-9-5-6-10-21-15)14(11-19)18(20)22-17(12)13-7-3-2-4-8-13/h2-10H,1H3,(H2,20,22). The van der Waals surface area contributed by atoms with Crippen molar-refractivity contribution < 1.29 is 0 Å². The van der Waals surface area contributed by atoms with Crippen LogP contribution < -0.4 is 5.73 Å². The van der Waals surface area contributed by atoms with Gasteiger partial charge in [-0.1, -0.05) is 36.4 Å². The van der Waals surface area contributed by atoms with E-state index < -0.39 is 0 Å². The maximum absolute atomic E-state index is 9.45. The molecule has 22 heavy (non-hydrogen) atoms. The van der Waals surface area contributed by atoms with Gasteiger partial charge in [-0.15, -0.1) is 0 Å². The highest BCUT2D eigenvalue weighted by molar-refractivity contribution is 5.82. The Bertz CT molecular complexity index is 850. The smallest absolute Gasteiger partial charge is 0.142 e. The third-order valence-electron chi connectivity index (χ3n) is 3.55. The lowest BCUT2D eigenvalue weighted by Gasteiger charge is -2.14. The summed E-state index contributed by atoms with van der Waals surface area (Å²) in [5, 5.41) is 9.45. The van der Waals surface area contributed by atoms with E-state index in [1.165, 1.54) is 0 Å². The van der Waals surface area contributed by atoms with Crippen LogP contribution in [0.5, 0.6) is 0 Å². The Morgan fingerprint density at radius 2 is 1.77 bits per heavy atom. The maximum atomic E-state index is 9.45. The number of nitrogen functional groups attached to an aromatic ring is 1. The Hall–Kier alpha value is -3.19. The van der Waals surface area contributed by atoms with Crippen molar-refractivity contribution in [2.24, 2.45) is 0 Å². The van der Waals surface area contributed by atoms with Crippen molar-refractivity contribution in [3.8, 4) is 28.6 Å². The average molecular weight is 286 g/mol. The molecule has 0 aliphatic heterocycles. The number of nitrogens with zero attached hydrogens (tertiary/aromatic N) is 3. The second-order valence-electron chi connectivity index (χ2n) is 4.91. The molecule has 0 atom stereocenters. The summed E-state index contributed by atoms with van der Waals surface area (Å²) < 4.78 is 0. The molecule has 0 bridgehead atoms. The van der Waals surface area contributed by atoms with Crippen molar-refractivity contribution in [1.82, 2.24) is 9.97 Å². The fourth-order valence-electron chi connectivity index (χ4n) is 2.52. The van der Waals surface area contributed by atoms with Gasteiger partial charge in [-0.05, 0) is 24.6 Å². The molecule has 2 N–H and O–H groups in total. The van der Waals surface area contributed by atoms with Crippen LogP contribution in [0.1, 0.15) is 11.1 Å². The average Bonchev–Trinajstić information content (AvgIpc) is 2.57. The van der Waals surface area contributed by atoms with Crippen LogP contribution in [0.25, 0.3) is 22.5 Å². The van der Waals surface area contributed by atoms with Gasteiger partial charge in [0.2, 0.25) is 0 Å². The molecule has 0 aliphatic carbocycles. The van der Waals surface area contributed by atoms with Gasteiger partial charge in [-0.25, -0.2) is 4.98 Å². The van der Waals surface area contributed by atoms with Crippen molar-refractivity contribution >= 4 is 5.82 Å². The van der Waals surface area contributed by atoms with Crippen LogP contribution in [0.15, 0.2) is 54.7 Å². The predicted molar refractivity (Wildman–Crippen MR) is 86.8 cm³/mol. The van der Waals surface area contributed by atoms with Gasteiger partial charge in [0.1, 0.15) is 17.5 Å². The number of aromatic nitrogens is 2. The number of nitrogens with two attached hydrogens (primary N) is 1. The Morgan fingerprint density at radius 3 is 2.41 bits per heavy atom. The highest BCUT2D eigenvalue weighted by atomic mass is 14.9. The number of rotatable bonds is 2. The van der Waals surface area contributed by atoms with E-state index in [4.69, 9.17) is 5.73 Å². The molecule has 0 amide bonds. The number of nitriles is 1. The summed E-state index contributed by atoms with van der Waals surface area (Å²) in [6.45, 7) is 1.94. The molecule has 3 aromatic rings. The molecule has 0 aliphatic rings. The van der Waals surface area contributed by atoms with Crippen molar-refractivity contribution in [2.75, 3.05) is 5.73 Å². The van der Waals surface area contributed by atoms with Crippen molar-refractivity contribution in [1.29, 1.82) is 5.26 Å². The minimum atomic E-state index is 0.229. The minimum absolute atomic E-state index is 0.229. The van der Waals surface area contributed by atoms with E-state index in [0.29, 0.717) is 5.56 Å². The third kappa shape index (κ3) is 2.29. The number of hydrogen-bond acceptors (Lipinski definition) is 4. The van der Waals surface area contributed by atoms with E-state index in [1.54, 1.807) is 6.20 Å². The molecule has 106 valence electrons. The summed E-state index contributed by atoms with van der Waals surface area (Å²) in [5.74, 6) is 0.229. The molecule has 0 unspecified atom stereocenters. The summed E-state index contributed by atoms with van der Waals surface area (Å²) in [4.78, 5) is 8.79. The zero-order valence-corrected chi connectivity index (χ0v) is 12.1. The van der Waals surface area contributed by atoms with Crippen LogP contribution >= 0.6 is 0 Å². The molecule has 0 fully saturated rings. The number of anilines is 1. The van der Waals surface area contributed by atoms with Crippen molar-refractivity contribution in [3.63, 3.8) is 0 Å². The Labute approximate surface area is 128 Å². The van der Waals surface area contributed by atoms with E-state index in [1.807, 2.05) is 55.5 Å². The first kappa shape index (κ1) is 13.8. The predicted octanol–water partition coefficient (Wildman–Crippen LogP) is 3.57. The van der Waals surface area contributed by atoms with Gasteiger partial charge >= 0.3 is 0 Å². The van der Waals surface area contributed by atoms with Gasteiger partial charge in [-0.2, -0.15) is 5.26 Å². The lowest BCUT2D eigenvalue weighted by Crippen LogP contribution is -2.03. The summed E-state index contributed by atoms with van der Waals surface area (Å²) in [5.41, 5.74) is 10.5. The van der Waals surface area contributed by atoms with E-state index in [2.05, 4.69) is 16.0 Å². The number of pyridine rings is 2. The number of benzene rings is 1. The Balaban J connectivity index is 2.34. The monoisotopic (exact) mass is 286 g/mol. The second kappa shape index (κ2) is 5.66. The van der Waals surface area contributed by atoms with Gasteiger partial charge in [0.05, 0.1) is 11.4 Å². The summed E-state index contributed by atoms with van der Waals surface area (Å²) >= 11 is 0. The van der Waals surface area contributed by atoms with Gasteiger partial charge in [0.25, 0.3) is 0 Å². The summed E-state index contributed by atoms with van der Waals surface area (Å²) in [6.07, 6.45) is 1.70. The SMILES string of the molecule is Cc1c(-c2ccccc2)nc(N)c(C#N)c1-c1ccccn1. The zero-order chi connectivity index (χ0) is 15.5. The summed E-state index contributed by atoms with van der Waals surface area (Å²) in [7, 11) is 0. The molecule has 0 spiro atoms. The van der Waals surface area contributed by atoms with E-state index in [-0.39, 0.29) is 5.82 Å². The highest BCUT2D eigenvalue weighted by Crippen LogP contribution is 2.34. The highest BCUT2D eigenvalue weighted by Gasteiger charge is 2.18. The quantitative estimate of drug-likeness (QED) is 0.781. The minimum Gasteiger partial charge on any atom is -0.383 e. The molecule has 0 radical (unpaired) electrons. The fraction of sp³-hybridized carbons (Fsp3) is 0.0556. The van der Waals surface area contributed by atoms with Crippen LogP contribution in [-0.2, 0) is 0 Å². The van der Waals surface area contributed by atoms with Gasteiger partial charge in [0, 0.05) is 17.3 Å². The summed E-state index contributed by atoms with van der Waals surface area (Å²) in [6, 6.07) is 17.6. The topological polar surface area (TPSA) is 75.6 Å². The first-order valence-electron chi connectivity index (χ1n) is 6.89. The first-order chi connectivity index (χ1) is 10.7. The molecule has 4 nitrogen and oxygen atoms in total. The molecule has 0 saturated carbocycles. The maximum Gasteiger partial charge on any atom is 0.142 e. The molecule has 0 saturated heterocycles. The van der Waals surface area contributed by atoms with Gasteiger partial charge < -0.3 is 5.73 Å². The second-order valence-corrected chi connectivity index (χ2v) is 4.91. The fourth-order valence-corrected chi connectivity index (χ4v) is 2.52. The lowest BCUT2D eigenvalue weighted by molar-refractivity contribution is 1.23. The van der Waals surface area contributed by atoms with Gasteiger partial charge in [0.15, 0.2) is 0 Å². The van der Waals surface area contributed by atoms with Crippen molar-refractivity contribution in [2.45, 2.75) is 6.92 Å². The molecular formula is C18H14N4. The molecule has 3 rings (SSSR count). The first-order valence-corrected chi connectivity index (χ1v) is 6.89. The van der Waals surface area contributed by atoms with Crippen LogP contribution in [0.2, 0.25) is 0 Å². The molecule has 2 heterocycles. The molecular weight excluding hydrogens is 272 g/mol. The van der Waals surface area contributed by atoms with Crippen molar-refractivity contribution in [3.05, 3.63) is 65.9 Å². The normalized spacial score (nSPS) is 10.2. The third-order valence-corrected chi connectivity index (χ3v) is 3.55.